The van der Waals surface area contributed by atoms with Crippen molar-refractivity contribution in [1.29, 1.82) is 0 Å². The van der Waals surface area contributed by atoms with Gasteiger partial charge in [-0.15, -0.1) is 0 Å². The molecule has 18 heavy (non-hydrogen) atoms. The van der Waals surface area contributed by atoms with Crippen LogP contribution >= 0.6 is 0 Å². The average molecular weight is 253 g/mol. The zero-order valence-electron chi connectivity index (χ0n) is 11.2. The average Bonchev–Trinajstić information content (AvgIpc) is 2.73. The third kappa shape index (κ3) is 3.35. The minimum absolute atomic E-state index is 0.349. The highest BCUT2D eigenvalue weighted by molar-refractivity contribution is 6.01. The third-order valence-electron chi connectivity index (χ3n) is 2.72. The van der Waals surface area contributed by atoms with Crippen molar-refractivity contribution in [2.75, 3.05) is 13.7 Å². The molecule has 1 aromatic rings. The number of hydrogen-bond acceptors (Lipinski definition) is 4. The van der Waals surface area contributed by atoms with Gasteiger partial charge >= 0.3 is 5.97 Å². The van der Waals surface area contributed by atoms with E-state index in [-0.39, 0.29) is 5.91 Å². The molecule has 100 valence electrons. The maximum Gasteiger partial charge on any atom is 0.320 e. The summed E-state index contributed by atoms with van der Waals surface area (Å²) in [6.45, 7) is 5.35. The lowest BCUT2D eigenvalue weighted by Crippen LogP contribution is -2.43. The van der Waals surface area contributed by atoms with E-state index in [4.69, 9.17) is 4.42 Å². The summed E-state index contributed by atoms with van der Waals surface area (Å²) in [5.41, 5.74) is -1.17. The molecule has 1 aromatic heterocycles. The molecule has 1 amide bonds. The van der Waals surface area contributed by atoms with Gasteiger partial charge in [0.2, 0.25) is 5.91 Å². The molecule has 0 aliphatic carbocycles. The highest BCUT2D eigenvalue weighted by Gasteiger charge is 2.36. The lowest BCUT2D eigenvalue weighted by molar-refractivity contribution is -0.156. The van der Waals surface area contributed by atoms with E-state index < -0.39 is 11.4 Å². The first-order valence-corrected chi connectivity index (χ1v) is 5.80. The monoisotopic (exact) mass is 253 g/mol. The Morgan fingerprint density at radius 3 is 2.56 bits per heavy atom. The molecule has 5 heteroatoms. The quantitative estimate of drug-likeness (QED) is 0.637. The number of furan rings is 1. The molecule has 0 radical (unpaired) electrons. The molecule has 0 fully saturated rings. The molecule has 0 atom stereocenters. The van der Waals surface area contributed by atoms with Crippen LogP contribution in [0.5, 0.6) is 0 Å². The van der Waals surface area contributed by atoms with Gasteiger partial charge in [0.05, 0.1) is 7.11 Å². The van der Waals surface area contributed by atoms with Gasteiger partial charge in [-0.25, -0.2) is 0 Å². The maximum absolute atomic E-state index is 11.8. The number of ether oxygens (including phenoxy) is 1. The zero-order valence-corrected chi connectivity index (χ0v) is 11.2. The Morgan fingerprint density at radius 1 is 1.39 bits per heavy atom. The van der Waals surface area contributed by atoms with E-state index in [9.17, 15) is 9.59 Å². The van der Waals surface area contributed by atoms with E-state index in [1.54, 1.807) is 0 Å². The van der Waals surface area contributed by atoms with E-state index >= 15 is 0 Å². The second-order valence-corrected chi connectivity index (χ2v) is 4.63. The number of carbonyl (C=O) groups excluding carboxylic acids is 2. The van der Waals surface area contributed by atoms with Crippen molar-refractivity contribution < 1.29 is 18.7 Å². The Kier molecular flexibility index (Phi) is 4.53. The highest BCUT2D eigenvalue weighted by Crippen LogP contribution is 2.17. The summed E-state index contributed by atoms with van der Waals surface area (Å²) in [5.74, 6) is 0.751. The molecule has 0 aliphatic heterocycles. The number of carbonyl (C=O) groups is 2. The number of rotatable bonds is 5. The summed E-state index contributed by atoms with van der Waals surface area (Å²) in [6, 6.07) is 3.74. The molecule has 0 bridgehead atoms. The van der Waals surface area contributed by atoms with Gasteiger partial charge in [-0.05, 0) is 32.9 Å². The van der Waals surface area contributed by atoms with Crippen LogP contribution in [0, 0.1) is 12.3 Å². The normalized spacial score (nSPS) is 11.1. The van der Waals surface area contributed by atoms with Gasteiger partial charge in [-0.3, -0.25) is 9.59 Å². The van der Waals surface area contributed by atoms with Crippen molar-refractivity contribution in [3.8, 4) is 0 Å². The number of amides is 1. The van der Waals surface area contributed by atoms with Crippen molar-refractivity contribution in [1.82, 2.24) is 5.32 Å². The molecule has 0 aliphatic rings. The maximum atomic E-state index is 11.8. The second kappa shape index (κ2) is 5.71. The fourth-order valence-corrected chi connectivity index (χ4v) is 1.49. The molecule has 0 saturated heterocycles. The Labute approximate surface area is 106 Å². The molecule has 1 heterocycles. The van der Waals surface area contributed by atoms with Crippen molar-refractivity contribution in [3.63, 3.8) is 0 Å². The van der Waals surface area contributed by atoms with Crippen LogP contribution in [0.4, 0.5) is 0 Å². The number of esters is 1. The molecular weight excluding hydrogens is 234 g/mol. The number of nitrogens with one attached hydrogen (secondary N) is 1. The lowest BCUT2D eigenvalue weighted by atomic mass is 9.92. The second-order valence-electron chi connectivity index (χ2n) is 4.63. The van der Waals surface area contributed by atoms with Gasteiger partial charge in [0, 0.05) is 13.0 Å². The summed E-state index contributed by atoms with van der Waals surface area (Å²) in [5, 5.41) is 2.70. The van der Waals surface area contributed by atoms with Gasteiger partial charge in [-0.1, -0.05) is 0 Å². The van der Waals surface area contributed by atoms with Crippen LogP contribution < -0.4 is 5.32 Å². The molecule has 0 unspecified atom stereocenters. The van der Waals surface area contributed by atoms with Gasteiger partial charge in [0.1, 0.15) is 16.9 Å². The largest absolute Gasteiger partial charge is 0.468 e. The number of hydrogen-bond donors (Lipinski definition) is 1. The number of methoxy groups -OCH3 is 1. The van der Waals surface area contributed by atoms with Crippen LogP contribution in [0.2, 0.25) is 0 Å². The molecule has 1 N–H and O–H groups in total. The van der Waals surface area contributed by atoms with Gasteiger partial charge in [-0.2, -0.15) is 0 Å². The molecule has 0 saturated carbocycles. The number of aryl methyl sites for hydroxylation is 1. The summed E-state index contributed by atoms with van der Waals surface area (Å²) in [7, 11) is 1.27. The SMILES string of the molecule is COC(=O)C(C)(C)C(=O)NCCc1ccc(C)o1. The van der Waals surface area contributed by atoms with Crippen LogP contribution in [0.15, 0.2) is 16.5 Å². The fourth-order valence-electron chi connectivity index (χ4n) is 1.49. The summed E-state index contributed by atoms with van der Waals surface area (Å²) in [6.07, 6.45) is 0.594. The fraction of sp³-hybridized carbons (Fsp3) is 0.538. The minimum Gasteiger partial charge on any atom is -0.468 e. The molecule has 1 rings (SSSR count). The Hall–Kier alpha value is -1.78. The van der Waals surface area contributed by atoms with E-state index in [1.165, 1.54) is 21.0 Å². The van der Waals surface area contributed by atoms with Crippen molar-refractivity contribution >= 4 is 11.9 Å². The first-order valence-electron chi connectivity index (χ1n) is 5.80. The Morgan fingerprint density at radius 2 is 2.06 bits per heavy atom. The zero-order chi connectivity index (χ0) is 13.8. The summed E-state index contributed by atoms with van der Waals surface area (Å²) in [4.78, 5) is 23.2. The molecular formula is C13H19NO4. The van der Waals surface area contributed by atoms with Gasteiger partial charge < -0.3 is 14.5 Å². The molecule has 0 spiro atoms. The first-order chi connectivity index (χ1) is 8.37. The van der Waals surface area contributed by atoms with Crippen LogP contribution in [-0.2, 0) is 20.7 Å². The van der Waals surface area contributed by atoms with Crippen LogP contribution in [0.3, 0.4) is 0 Å². The highest BCUT2D eigenvalue weighted by atomic mass is 16.5. The predicted molar refractivity (Wildman–Crippen MR) is 66.0 cm³/mol. The van der Waals surface area contributed by atoms with Gasteiger partial charge in [0.15, 0.2) is 0 Å². The topological polar surface area (TPSA) is 68.5 Å². The molecule has 5 nitrogen and oxygen atoms in total. The van der Waals surface area contributed by atoms with E-state index in [0.29, 0.717) is 13.0 Å². The standard InChI is InChI=1S/C13H19NO4/c1-9-5-6-10(18-9)7-8-14-11(15)13(2,3)12(16)17-4/h5-6H,7-8H2,1-4H3,(H,14,15). The van der Waals surface area contributed by atoms with E-state index in [2.05, 4.69) is 10.1 Å². The van der Waals surface area contributed by atoms with Crippen molar-refractivity contribution in [2.45, 2.75) is 27.2 Å². The van der Waals surface area contributed by atoms with Crippen molar-refractivity contribution in [2.24, 2.45) is 5.41 Å². The van der Waals surface area contributed by atoms with Crippen LogP contribution in [0.25, 0.3) is 0 Å². The van der Waals surface area contributed by atoms with E-state index in [0.717, 1.165) is 11.5 Å². The summed E-state index contributed by atoms with van der Waals surface area (Å²) >= 11 is 0. The molecule has 0 aromatic carbocycles. The minimum atomic E-state index is -1.17. The first kappa shape index (κ1) is 14.3. The van der Waals surface area contributed by atoms with Gasteiger partial charge in [0.25, 0.3) is 0 Å². The van der Waals surface area contributed by atoms with Crippen molar-refractivity contribution in [3.05, 3.63) is 23.7 Å². The Bertz CT molecular complexity index is 434. The van der Waals surface area contributed by atoms with Crippen LogP contribution in [-0.4, -0.2) is 25.5 Å². The third-order valence-corrected chi connectivity index (χ3v) is 2.72. The Balaban J connectivity index is 2.44. The van der Waals surface area contributed by atoms with E-state index in [1.807, 2.05) is 19.1 Å². The summed E-state index contributed by atoms with van der Waals surface area (Å²) < 4.78 is 9.96. The van der Waals surface area contributed by atoms with Crippen LogP contribution in [0.1, 0.15) is 25.4 Å². The lowest BCUT2D eigenvalue weighted by Gasteiger charge is -2.20. The predicted octanol–water partition coefficient (Wildman–Crippen LogP) is 1.45. The smallest absolute Gasteiger partial charge is 0.320 e.